The van der Waals surface area contributed by atoms with Gasteiger partial charge in [-0.25, -0.2) is 13.4 Å². The smallest absolute Gasteiger partial charge is 0.262 e. The van der Waals surface area contributed by atoms with E-state index in [4.69, 9.17) is 4.42 Å². The molecular formula is C24H29N5O5S. The predicted molar refractivity (Wildman–Crippen MR) is 128 cm³/mol. The zero-order chi connectivity index (χ0) is 25.0. The van der Waals surface area contributed by atoms with E-state index in [0.29, 0.717) is 36.5 Å². The Morgan fingerprint density at radius 2 is 1.89 bits per heavy atom. The zero-order valence-corrected chi connectivity index (χ0v) is 20.5. The lowest BCUT2D eigenvalue weighted by atomic mass is 9.97. The summed E-state index contributed by atoms with van der Waals surface area (Å²) in [6.45, 7) is 2.85. The van der Waals surface area contributed by atoms with Crippen molar-refractivity contribution in [3.05, 3.63) is 71.6 Å². The van der Waals surface area contributed by atoms with Gasteiger partial charge < -0.3 is 19.6 Å². The molecule has 3 heterocycles. The van der Waals surface area contributed by atoms with Gasteiger partial charge in [0.1, 0.15) is 11.6 Å². The summed E-state index contributed by atoms with van der Waals surface area (Å²) < 4.78 is 34.0. The van der Waals surface area contributed by atoms with Crippen LogP contribution in [0, 0.1) is 12.8 Å². The molecule has 4 rings (SSSR count). The molecule has 0 atom stereocenters. The van der Waals surface area contributed by atoms with Crippen molar-refractivity contribution >= 4 is 21.8 Å². The fourth-order valence-corrected chi connectivity index (χ4v) is 5.47. The van der Waals surface area contributed by atoms with Crippen molar-refractivity contribution in [3.8, 4) is 0 Å². The number of carbonyl (C=O) groups is 2. The third-order valence-electron chi connectivity index (χ3n) is 6.17. The quantitative estimate of drug-likeness (QED) is 0.488. The Balaban J connectivity index is 1.27. The number of hydrogen-bond acceptors (Lipinski definition) is 6. The fourth-order valence-electron chi connectivity index (χ4n) is 3.98. The summed E-state index contributed by atoms with van der Waals surface area (Å²) in [5.74, 6) is 0.661. The second-order valence-electron chi connectivity index (χ2n) is 8.60. The first kappa shape index (κ1) is 24.7. The maximum Gasteiger partial charge on any atom is 0.262 e. The monoisotopic (exact) mass is 499 g/mol. The molecule has 1 aliphatic heterocycles. The van der Waals surface area contributed by atoms with E-state index in [-0.39, 0.29) is 42.4 Å². The van der Waals surface area contributed by atoms with E-state index in [9.17, 15) is 18.0 Å². The number of imidazole rings is 1. The van der Waals surface area contributed by atoms with E-state index >= 15 is 0 Å². The normalized spacial score (nSPS) is 15.1. The molecule has 2 amide bonds. The summed E-state index contributed by atoms with van der Waals surface area (Å²) in [6.07, 6.45) is 3.93. The average molecular weight is 500 g/mol. The molecule has 1 aliphatic rings. The van der Waals surface area contributed by atoms with E-state index in [1.165, 1.54) is 10.5 Å². The minimum Gasteiger partial charge on any atom is -0.467 e. The summed E-state index contributed by atoms with van der Waals surface area (Å²) >= 11 is 0. The first-order valence-corrected chi connectivity index (χ1v) is 12.9. The van der Waals surface area contributed by atoms with Crippen LogP contribution in [0.15, 0.2) is 58.3 Å². The fraction of sp³-hybridized carbons (Fsp3) is 0.375. The number of carbonyl (C=O) groups excluding carboxylic acids is 2. The molecule has 1 saturated heterocycles. The summed E-state index contributed by atoms with van der Waals surface area (Å²) in [5.41, 5.74) is 1.29. The molecule has 0 bridgehead atoms. The van der Waals surface area contributed by atoms with Gasteiger partial charge in [0.05, 0.1) is 12.8 Å². The number of rotatable bonds is 8. The Kier molecular flexibility index (Phi) is 7.37. The highest BCUT2D eigenvalue weighted by Crippen LogP contribution is 2.23. The van der Waals surface area contributed by atoms with Gasteiger partial charge in [0, 0.05) is 44.4 Å². The van der Waals surface area contributed by atoms with Crippen molar-refractivity contribution in [1.29, 1.82) is 0 Å². The summed E-state index contributed by atoms with van der Waals surface area (Å²) in [7, 11) is -1.92. The van der Waals surface area contributed by atoms with E-state index in [0.717, 1.165) is 5.56 Å². The van der Waals surface area contributed by atoms with Crippen LogP contribution >= 0.6 is 0 Å². The molecule has 1 fully saturated rings. The maximum absolute atomic E-state index is 12.9. The minimum atomic E-state index is -3.67. The van der Waals surface area contributed by atoms with Crippen LogP contribution in [0.2, 0.25) is 0 Å². The number of nitrogens with one attached hydrogen (secondary N) is 2. The average Bonchev–Trinajstić information content (AvgIpc) is 3.51. The van der Waals surface area contributed by atoms with Crippen molar-refractivity contribution < 1.29 is 22.4 Å². The van der Waals surface area contributed by atoms with Crippen molar-refractivity contribution in [2.24, 2.45) is 13.0 Å². The zero-order valence-electron chi connectivity index (χ0n) is 19.7. The number of nitrogens with zero attached hydrogens (tertiary/aromatic N) is 3. The van der Waals surface area contributed by atoms with Gasteiger partial charge in [-0.15, -0.1) is 0 Å². The summed E-state index contributed by atoms with van der Waals surface area (Å²) in [5, 5.41) is 5.75. The molecule has 2 N–H and O–H groups in total. The highest BCUT2D eigenvalue weighted by atomic mass is 32.2. The van der Waals surface area contributed by atoms with Crippen LogP contribution < -0.4 is 10.6 Å². The molecule has 0 radical (unpaired) electrons. The number of hydrogen-bond donors (Lipinski definition) is 2. The highest BCUT2D eigenvalue weighted by Gasteiger charge is 2.33. The molecule has 0 unspecified atom stereocenters. The van der Waals surface area contributed by atoms with E-state index in [1.54, 1.807) is 55.1 Å². The topological polar surface area (TPSA) is 127 Å². The molecule has 0 aliphatic carbocycles. The Bertz CT molecular complexity index is 1270. The first-order chi connectivity index (χ1) is 16.7. The van der Waals surface area contributed by atoms with Crippen LogP contribution in [0.4, 0.5) is 0 Å². The minimum absolute atomic E-state index is 0.0356. The van der Waals surface area contributed by atoms with Gasteiger partial charge >= 0.3 is 0 Å². The third-order valence-corrected chi connectivity index (χ3v) is 7.94. The Morgan fingerprint density at radius 3 is 2.54 bits per heavy atom. The van der Waals surface area contributed by atoms with Gasteiger partial charge in [0.25, 0.3) is 15.9 Å². The van der Waals surface area contributed by atoms with Gasteiger partial charge in [-0.05, 0) is 49.6 Å². The Morgan fingerprint density at radius 1 is 1.11 bits per heavy atom. The van der Waals surface area contributed by atoms with Crippen LogP contribution in [-0.4, -0.2) is 47.2 Å². The third kappa shape index (κ3) is 5.80. The Hall–Kier alpha value is -3.44. The maximum atomic E-state index is 12.9. The molecule has 0 spiro atoms. The summed E-state index contributed by atoms with van der Waals surface area (Å²) in [6, 6.07) is 10.6. The van der Waals surface area contributed by atoms with E-state index in [2.05, 4.69) is 15.6 Å². The lowest BCUT2D eigenvalue weighted by Gasteiger charge is -2.30. The van der Waals surface area contributed by atoms with Crippen LogP contribution in [0.1, 0.15) is 40.3 Å². The van der Waals surface area contributed by atoms with E-state index in [1.807, 2.05) is 6.07 Å². The predicted octanol–water partition coefficient (Wildman–Crippen LogP) is 1.97. The van der Waals surface area contributed by atoms with Crippen molar-refractivity contribution in [2.45, 2.75) is 37.9 Å². The van der Waals surface area contributed by atoms with Gasteiger partial charge in [-0.2, -0.15) is 4.31 Å². The first-order valence-electron chi connectivity index (χ1n) is 11.4. The highest BCUT2D eigenvalue weighted by molar-refractivity contribution is 7.89. The standard InChI is InChI=1S/C24H29N5O5S/c1-17-27-22(16-28(17)2)35(32,33)29-10-8-19(9-11-29)23(30)25-14-18-5-3-6-20(13-18)24(31)26-15-21-7-4-12-34-21/h3-7,12-13,16,19H,8-11,14-15H2,1-2H3,(H,25,30)(H,26,31). The second-order valence-corrected chi connectivity index (χ2v) is 10.5. The molecule has 10 nitrogen and oxygen atoms in total. The van der Waals surface area contributed by atoms with Crippen LogP contribution in [0.25, 0.3) is 0 Å². The number of aryl methyl sites for hydroxylation is 2. The van der Waals surface area contributed by atoms with E-state index < -0.39 is 10.0 Å². The largest absolute Gasteiger partial charge is 0.467 e. The molecule has 1 aromatic carbocycles. The number of amides is 2. The molecule has 35 heavy (non-hydrogen) atoms. The lowest BCUT2D eigenvalue weighted by Crippen LogP contribution is -2.43. The van der Waals surface area contributed by atoms with Crippen LogP contribution in [-0.2, 0) is 35.0 Å². The van der Waals surface area contributed by atoms with Gasteiger partial charge in [0.15, 0.2) is 5.03 Å². The number of furan rings is 1. The number of aromatic nitrogens is 2. The number of sulfonamides is 1. The molecule has 3 aromatic rings. The molecule has 11 heteroatoms. The van der Waals surface area contributed by atoms with Crippen molar-refractivity contribution in [1.82, 2.24) is 24.5 Å². The second kappa shape index (κ2) is 10.4. The molecule has 0 saturated carbocycles. The van der Waals surface area contributed by atoms with Gasteiger partial charge in [-0.3, -0.25) is 9.59 Å². The SMILES string of the molecule is Cc1nc(S(=O)(=O)N2CCC(C(=O)NCc3cccc(C(=O)NCc4ccco4)c3)CC2)cn1C. The molecule has 2 aromatic heterocycles. The van der Waals surface area contributed by atoms with Gasteiger partial charge in [-0.1, -0.05) is 12.1 Å². The number of piperidine rings is 1. The number of benzene rings is 1. The summed E-state index contributed by atoms with van der Waals surface area (Å²) in [4.78, 5) is 29.3. The lowest BCUT2D eigenvalue weighted by molar-refractivity contribution is -0.126. The van der Waals surface area contributed by atoms with Crippen molar-refractivity contribution in [2.75, 3.05) is 13.1 Å². The van der Waals surface area contributed by atoms with Gasteiger partial charge in [0.2, 0.25) is 5.91 Å². The molecular weight excluding hydrogens is 470 g/mol. The van der Waals surface area contributed by atoms with Crippen molar-refractivity contribution in [3.63, 3.8) is 0 Å². The van der Waals surface area contributed by atoms with Crippen LogP contribution in [0.3, 0.4) is 0 Å². The van der Waals surface area contributed by atoms with Crippen LogP contribution in [0.5, 0.6) is 0 Å². The molecule has 186 valence electrons. The Labute approximate surface area is 204 Å².